The molecule has 0 radical (unpaired) electrons. The zero-order chi connectivity index (χ0) is 23.4. The first-order valence-electron chi connectivity index (χ1n) is 10.6. The van der Waals surface area contributed by atoms with Crippen LogP contribution in [-0.4, -0.2) is 33.9 Å². The summed E-state index contributed by atoms with van der Waals surface area (Å²) >= 11 is 0. The highest BCUT2D eigenvalue weighted by Crippen LogP contribution is 2.25. The molecule has 0 aliphatic rings. The standard InChI is InChI=1S/C26H24N4O3/c1-17(22-10-7-11-23(16-22)28-24(31)19-8-5-4-6-9-19)30(3)26(32)21-14-12-20(13-15-21)25-27-18(2)29-33-25/h4-17H,1-3H3,(H,28,31). The van der Waals surface area contributed by atoms with Gasteiger partial charge in [0.25, 0.3) is 17.7 Å². The molecule has 1 N–H and O–H groups in total. The molecule has 1 heterocycles. The summed E-state index contributed by atoms with van der Waals surface area (Å²) in [4.78, 5) is 31.4. The van der Waals surface area contributed by atoms with Crippen molar-refractivity contribution >= 4 is 17.5 Å². The van der Waals surface area contributed by atoms with Gasteiger partial charge < -0.3 is 14.7 Å². The summed E-state index contributed by atoms with van der Waals surface area (Å²) in [6, 6.07) is 23.4. The van der Waals surface area contributed by atoms with Crippen molar-refractivity contribution in [1.29, 1.82) is 0 Å². The Hall–Kier alpha value is -4.26. The number of carbonyl (C=O) groups excluding carboxylic acids is 2. The maximum Gasteiger partial charge on any atom is 0.257 e. The molecular formula is C26H24N4O3. The Morgan fingerprint density at radius 2 is 1.67 bits per heavy atom. The van der Waals surface area contributed by atoms with E-state index in [1.807, 2.05) is 49.4 Å². The van der Waals surface area contributed by atoms with Gasteiger partial charge in [0.05, 0.1) is 6.04 Å². The molecule has 0 saturated heterocycles. The molecule has 0 fully saturated rings. The Morgan fingerprint density at radius 1 is 0.939 bits per heavy atom. The summed E-state index contributed by atoms with van der Waals surface area (Å²) < 4.78 is 5.17. The van der Waals surface area contributed by atoms with Crippen LogP contribution >= 0.6 is 0 Å². The van der Waals surface area contributed by atoms with E-state index in [0.29, 0.717) is 28.5 Å². The number of benzene rings is 3. The summed E-state index contributed by atoms with van der Waals surface area (Å²) in [6.07, 6.45) is 0. The Bertz CT molecular complexity index is 1270. The van der Waals surface area contributed by atoms with Gasteiger partial charge in [-0.2, -0.15) is 4.98 Å². The molecule has 166 valence electrons. The van der Waals surface area contributed by atoms with Crippen LogP contribution in [0, 0.1) is 6.92 Å². The van der Waals surface area contributed by atoms with E-state index in [1.165, 1.54) is 0 Å². The average Bonchev–Trinajstić information content (AvgIpc) is 3.29. The average molecular weight is 441 g/mol. The lowest BCUT2D eigenvalue weighted by molar-refractivity contribution is 0.0742. The summed E-state index contributed by atoms with van der Waals surface area (Å²) in [7, 11) is 1.76. The zero-order valence-corrected chi connectivity index (χ0v) is 18.6. The van der Waals surface area contributed by atoms with Crippen LogP contribution in [-0.2, 0) is 0 Å². The SMILES string of the molecule is Cc1noc(-c2ccc(C(=O)N(C)C(C)c3cccc(NC(=O)c4ccccc4)c3)cc2)n1. The van der Waals surface area contributed by atoms with Crippen LogP contribution in [0.15, 0.2) is 83.4 Å². The Labute approximate surface area is 192 Å². The van der Waals surface area contributed by atoms with Crippen LogP contribution in [0.2, 0.25) is 0 Å². The van der Waals surface area contributed by atoms with Crippen molar-refractivity contribution in [3.05, 3.63) is 101 Å². The first-order valence-corrected chi connectivity index (χ1v) is 10.6. The molecule has 3 aromatic carbocycles. The maximum atomic E-state index is 13.1. The highest BCUT2D eigenvalue weighted by atomic mass is 16.5. The molecule has 4 aromatic rings. The molecule has 1 unspecified atom stereocenters. The topological polar surface area (TPSA) is 88.3 Å². The number of rotatable bonds is 6. The predicted octanol–water partition coefficient (Wildman–Crippen LogP) is 5.13. The largest absolute Gasteiger partial charge is 0.335 e. The third-order valence-electron chi connectivity index (χ3n) is 5.47. The van der Waals surface area contributed by atoms with Gasteiger partial charge in [-0.25, -0.2) is 0 Å². The van der Waals surface area contributed by atoms with Gasteiger partial charge in [-0.05, 0) is 67.9 Å². The minimum absolute atomic E-state index is 0.116. The molecule has 1 atom stereocenters. The Balaban J connectivity index is 1.46. The molecule has 7 heteroatoms. The maximum absolute atomic E-state index is 13.1. The molecule has 0 saturated carbocycles. The molecule has 33 heavy (non-hydrogen) atoms. The second kappa shape index (κ2) is 9.48. The van der Waals surface area contributed by atoms with E-state index in [0.717, 1.165) is 11.1 Å². The van der Waals surface area contributed by atoms with E-state index < -0.39 is 0 Å². The molecule has 0 bridgehead atoms. The van der Waals surface area contributed by atoms with Crippen LogP contribution in [0.4, 0.5) is 5.69 Å². The number of hydrogen-bond acceptors (Lipinski definition) is 5. The number of amides is 2. The van der Waals surface area contributed by atoms with Crippen molar-refractivity contribution in [3.63, 3.8) is 0 Å². The van der Waals surface area contributed by atoms with Gasteiger partial charge >= 0.3 is 0 Å². The molecule has 0 aliphatic heterocycles. The summed E-state index contributed by atoms with van der Waals surface area (Å²) in [6.45, 7) is 3.70. The van der Waals surface area contributed by atoms with Crippen molar-refractivity contribution < 1.29 is 14.1 Å². The minimum Gasteiger partial charge on any atom is -0.335 e. The van der Waals surface area contributed by atoms with E-state index >= 15 is 0 Å². The monoisotopic (exact) mass is 440 g/mol. The highest BCUT2D eigenvalue weighted by molar-refractivity contribution is 6.04. The van der Waals surface area contributed by atoms with Gasteiger partial charge in [0.2, 0.25) is 0 Å². The Morgan fingerprint density at radius 3 is 2.33 bits per heavy atom. The van der Waals surface area contributed by atoms with Crippen LogP contribution in [0.5, 0.6) is 0 Å². The Kier molecular flexibility index (Phi) is 6.31. The fourth-order valence-corrected chi connectivity index (χ4v) is 3.44. The summed E-state index contributed by atoms with van der Waals surface area (Å²) in [5, 5.41) is 6.70. The number of aromatic nitrogens is 2. The summed E-state index contributed by atoms with van der Waals surface area (Å²) in [5.74, 6) is 0.680. The molecule has 4 rings (SSSR count). The molecule has 0 aliphatic carbocycles. The van der Waals surface area contributed by atoms with Crippen molar-refractivity contribution in [1.82, 2.24) is 15.0 Å². The van der Waals surface area contributed by atoms with Crippen LogP contribution in [0.25, 0.3) is 11.5 Å². The smallest absolute Gasteiger partial charge is 0.257 e. The third-order valence-corrected chi connectivity index (χ3v) is 5.47. The number of hydrogen-bond donors (Lipinski definition) is 1. The van der Waals surface area contributed by atoms with E-state index in [9.17, 15) is 9.59 Å². The second-order valence-corrected chi connectivity index (χ2v) is 7.76. The van der Waals surface area contributed by atoms with Crippen LogP contribution in [0.3, 0.4) is 0 Å². The zero-order valence-electron chi connectivity index (χ0n) is 18.6. The number of anilines is 1. The van der Waals surface area contributed by atoms with Gasteiger partial charge in [0.15, 0.2) is 5.82 Å². The van der Waals surface area contributed by atoms with Crippen LogP contribution in [0.1, 0.15) is 45.1 Å². The normalized spacial score (nSPS) is 11.6. The number of nitrogens with one attached hydrogen (secondary N) is 1. The second-order valence-electron chi connectivity index (χ2n) is 7.76. The third kappa shape index (κ3) is 4.98. The van der Waals surface area contributed by atoms with Gasteiger partial charge in [-0.15, -0.1) is 0 Å². The first-order chi connectivity index (χ1) is 15.9. The van der Waals surface area contributed by atoms with E-state index in [2.05, 4.69) is 15.5 Å². The first kappa shape index (κ1) is 22.0. The fourth-order valence-electron chi connectivity index (χ4n) is 3.44. The van der Waals surface area contributed by atoms with E-state index in [-0.39, 0.29) is 17.9 Å². The lowest BCUT2D eigenvalue weighted by atomic mass is 10.0. The predicted molar refractivity (Wildman–Crippen MR) is 126 cm³/mol. The van der Waals surface area contributed by atoms with Crippen LogP contribution < -0.4 is 5.32 Å². The van der Waals surface area contributed by atoms with Gasteiger partial charge in [0.1, 0.15) is 0 Å². The number of aryl methyl sites for hydroxylation is 1. The van der Waals surface area contributed by atoms with Crippen molar-refractivity contribution in [2.75, 3.05) is 12.4 Å². The number of carbonyl (C=O) groups is 2. The quantitative estimate of drug-likeness (QED) is 0.449. The molecule has 0 spiro atoms. The molecule has 7 nitrogen and oxygen atoms in total. The van der Waals surface area contributed by atoms with E-state index in [4.69, 9.17) is 4.52 Å². The molecular weight excluding hydrogens is 416 g/mol. The summed E-state index contributed by atoms with van der Waals surface area (Å²) in [5.41, 5.74) is 3.48. The minimum atomic E-state index is -0.204. The highest BCUT2D eigenvalue weighted by Gasteiger charge is 2.20. The van der Waals surface area contributed by atoms with E-state index in [1.54, 1.807) is 55.3 Å². The van der Waals surface area contributed by atoms with Gasteiger partial charge in [-0.3, -0.25) is 9.59 Å². The fraction of sp³-hybridized carbons (Fsp3) is 0.154. The lowest BCUT2D eigenvalue weighted by Crippen LogP contribution is -2.29. The molecule has 2 amide bonds. The molecule has 1 aromatic heterocycles. The number of nitrogens with zero attached hydrogens (tertiary/aromatic N) is 3. The van der Waals surface area contributed by atoms with Gasteiger partial charge in [-0.1, -0.05) is 35.5 Å². The van der Waals surface area contributed by atoms with Crippen molar-refractivity contribution in [2.24, 2.45) is 0 Å². The van der Waals surface area contributed by atoms with Gasteiger partial charge in [0, 0.05) is 29.4 Å². The van der Waals surface area contributed by atoms with Crippen molar-refractivity contribution in [3.8, 4) is 11.5 Å². The van der Waals surface area contributed by atoms with Crippen molar-refractivity contribution in [2.45, 2.75) is 19.9 Å². The lowest BCUT2D eigenvalue weighted by Gasteiger charge is -2.26.